The monoisotopic (exact) mass is 389 g/mol. The highest BCUT2D eigenvalue weighted by Gasteiger charge is 2.12. The maximum absolute atomic E-state index is 12.5. The maximum atomic E-state index is 12.5. The molecule has 0 fully saturated rings. The molecule has 0 saturated heterocycles. The molecule has 5 heteroatoms. The van der Waals surface area contributed by atoms with Gasteiger partial charge in [-0.05, 0) is 65.7 Å². The Balaban J connectivity index is 2.15. The number of carbonyl (C=O) groups excluding carboxylic acids is 1. The van der Waals surface area contributed by atoms with Crippen LogP contribution in [-0.4, -0.2) is 19.1 Å². The van der Waals surface area contributed by atoms with Gasteiger partial charge in [0.2, 0.25) is 0 Å². The first-order valence-electron chi connectivity index (χ1n) is 7.61. The van der Waals surface area contributed by atoms with Crippen LogP contribution in [0.5, 0.6) is 11.5 Å². The molecule has 24 heavy (non-hydrogen) atoms. The molecule has 2 rings (SSSR count). The Labute approximate surface area is 150 Å². The molecule has 1 N–H and O–H groups in total. The molecular formula is C19H20BrNO3. The average molecular weight is 390 g/mol. The lowest BCUT2D eigenvalue weighted by Crippen LogP contribution is -2.13. The number of benzene rings is 2. The third kappa shape index (κ3) is 4.86. The molecule has 0 spiro atoms. The van der Waals surface area contributed by atoms with Gasteiger partial charge in [0.25, 0.3) is 5.91 Å². The van der Waals surface area contributed by atoms with Crippen molar-refractivity contribution >= 4 is 27.5 Å². The zero-order valence-electron chi connectivity index (χ0n) is 13.8. The first-order chi connectivity index (χ1) is 11.5. The third-order valence-corrected chi connectivity index (χ3v) is 3.72. The van der Waals surface area contributed by atoms with E-state index in [4.69, 9.17) is 9.47 Å². The Morgan fingerprint density at radius 1 is 1.17 bits per heavy atom. The summed E-state index contributed by atoms with van der Waals surface area (Å²) in [5, 5.41) is 2.87. The van der Waals surface area contributed by atoms with Crippen LogP contribution in [0.25, 0.3) is 0 Å². The van der Waals surface area contributed by atoms with E-state index in [0.29, 0.717) is 36.0 Å². The van der Waals surface area contributed by atoms with E-state index in [9.17, 15) is 4.79 Å². The molecule has 0 radical (unpaired) electrons. The highest BCUT2D eigenvalue weighted by molar-refractivity contribution is 9.10. The van der Waals surface area contributed by atoms with E-state index in [-0.39, 0.29) is 5.91 Å². The predicted octanol–water partition coefficient (Wildman–Crippen LogP) is 5.06. The van der Waals surface area contributed by atoms with Gasteiger partial charge in [-0.3, -0.25) is 4.79 Å². The van der Waals surface area contributed by atoms with Crippen LogP contribution in [0, 0.1) is 0 Å². The average Bonchev–Trinajstić information content (AvgIpc) is 2.56. The van der Waals surface area contributed by atoms with Crippen LogP contribution in [-0.2, 0) is 0 Å². The predicted molar refractivity (Wildman–Crippen MR) is 100 cm³/mol. The Morgan fingerprint density at radius 2 is 1.92 bits per heavy atom. The second-order valence-electron chi connectivity index (χ2n) is 5.27. The lowest BCUT2D eigenvalue weighted by atomic mass is 10.2. The summed E-state index contributed by atoms with van der Waals surface area (Å²) < 4.78 is 11.9. The molecule has 0 aromatic heterocycles. The molecule has 0 aliphatic carbocycles. The highest BCUT2D eigenvalue weighted by atomic mass is 79.9. The second-order valence-corrected chi connectivity index (χ2v) is 6.13. The quantitative estimate of drug-likeness (QED) is 0.673. The van der Waals surface area contributed by atoms with Crippen LogP contribution in [0.15, 0.2) is 59.1 Å². The fourth-order valence-electron chi connectivity index (χ4n) is 2.01. The van der Waals surface area contributed by atoms with E-state index in [1.165, 1.54) is 0 Å². The number of anilines is 1. The van der Waals surface area contributed by atoms with Crippen molar-refractivity contribution in [2.75, 3.05) is 18.5 Å². The highest BCUT2D eigenvalue weighted by Crippen LogP contribution is 2.28. The molecule has 0 saturated carbocycles. The molecule has 4 nitrogen and oxygen atoms in total. The molecule has 0 atom stereocenters. The summed E-state index contributed by atoms with van der Waals surface area (Å²) in [7, 11) is 0. The van der Waals surface area contributed by atoms with Crippen molar-refractivity contribution in [1.82, 2.24) is 0 Å². The molecule has 2 aromatic carbocycles. The number of hydrogen-bond donors (Lipinski definition) is 1. The first-order valence-corrected chi connectivity index (χ1v) is 8.40. The minimum absolute atomic E-state index is 0.217. The van der Waals surface area contributed by atoms with E-state index in [1.807, 2.05) is 32.0 Å². The topological polar surface area (TPSA) is 47.6 Å². The summed E-state index contributed by atoms with van der Waals surface area (Å²) in [6.45, 7) is 8.58. The summed E-state index contributed by atoms with van der Waals surface area (Å²) >= 11 is 3.42. The zero-order chi connectivity index (χ0) is 17.5. The van der Waals surface area contributed by atoms with Crippen molar-refractivity contribution < 1.29 is 14.3 Å². The fraction of sp³-hybridized carbons (Fsp3) is 0.211. The lowest BCUT2D eigenvalue weighted by molar-refractivity contribution is 0.102. The van der Waals surface area contributed by atoms with Gasteiger partial charge in [-0.15, -0.1) is 0 Å². The number of carbonyl (C=O) groups is 1. The Kier molecular flexibility index (Phi) is 6.44. The van der Waals surface area contributed by atoms with E-state index < -0.39 is 0 Å². The first kappa shape index (κ1) is 18.1. The number of rotatable bonds is 7. The summed E-state index contributed by atoms with van der Waals surface area (Å²) in [4.78, 5) is 12.5. The number of halogens is 1. The van der Waals surface area contributed by atoms with Gasteiger partial charge in [0.1, 0.15) is 18.1 Å². The summed E-state index contributed by atoms with van der Waals surface area (Å²) in [5.74, 6) is 1.10. The number of hydrogen-bond acceptors (Lipinski definition) is 3. The van der Waals surface area contributed by atoms with Gasteiger partial charge >= 0.3 is 0 Å². The third-order valence-electron chi connectivity index (χ3n) is 3.10. The van der Waals surface area contributed by atoms with E-state index in [2.05, 4.69) is 27.8 Å². The van der Waals surface area contributed by atoms with Crippen molar-refractivity contribution in [3.8, 4) is 11.5 Å². The Morgan fingerprint density at radius 3 is 2.58 bits per heavy atom. The van der Waals surface area contributed by atoms with E-state index in [0.717, 1.165) is 10.0 Å². The summed E-state index contributed by atoms with van der Waals surface area (Å²) in [6.07, 6.45) is 0. The molecule has 0 unspecified atom stereocenters. The van der Waals surface area contributed by atoms with Crippen molar-refractivity contribution in [2.24, 2.45) is 0 Å². The van der Waals surface area contributed by atoms with E-state index >= 15 is 0 Å². The maximum Gasteiger partial charge on any atom is 0.255 e. The van der Waals surface area contributed by atoms with Gasteiger partial charge in [0.15, 0.2) is 0 Å². The molecule has 0 bridgehead atoms. The van der Waals surface area contributed by atoms with Crippen molar-refractivity contribution in [1.29, 1.82) is 0 Å². The number of amides is 1. The minimum atomic E-state index is -0.217. The van der Waals surface area contributed by atoms with Crippen LogP contribution in [0.4, 0.5) is 5.69 Å². The molecule has 0 aliphatic rings. The van der Waals surface area contributed by atoms with E-state index in [1.54, 1.807) is 24.3 Å². The van der Waals surface area contributed by atoms with Crippen LogP contribution in [0.1, 0.15) is 24.2 Å². The zero-order valence-corrected chi connectivity index (χ0v) is 15.4. The number of ether oxygens (including phenoxy) is 2. The molecule has 126 valence electrons. The van der Waals surface area contributed by atoms with Gasteiger partial charge in [0.05, 0.1) is 16.8 Å². The van der Waals surface area contributed by atoms with Gasteiger partial charge in [-0.25, -0.2) is 0 Å². The normalized spacial score (nSPS) is 10.1. The van der Waals surface area contributed by atoms with Crippen LogP contribution >= 0.6 is 15.9 Å². The molecule has 1 amide bonds. The van der Waals surface area contributed by atoms with Crippen LogP contribution < -0.4 is 14.8 Å². The minimum Gasteiger partial charge on any atom is -0.493 e. The molecule has 0 aliphatic heterocycles. The SMILES string of the molecule is C=C(C)COc1ccccc1NC(=O)c1ccc(OCC)c(Br)c1. The smallest absolute Gasteiger partial charge is 0.255 e. The van der Waals surface area contributed by atoms with Crippen LogP contribution in [0.2, 0.25) is 0 Å². The lowest BCUT2D eigenvalue weighted by Gasteiger charge is -2.13. The fourth-order valence-corrected chi connectivity index (χ4v) is 2.50. The molecule has 0 heterocycles. The number of para-hydroxylation sites is 2. The second kappa shape index (κ2) is 8.55. The van der Waals surface area contributed by atoms with Gasteiger partial charge < -0.3 is 14.8 Å². The Hall–Kier alpha value is -2.27. The van der Waals surface area contributed by atoms with Crippen molar-refractivity contribution in [3.63, 3.8) is 0 Å². The summed E-state index contributed by atoms with van der Waals surface area (Å²) in [5.41, 5.74) is 2.06. The van der Waals surface area contributed by atoms with Gasteiger partial charge in [-0.1, -0.05) is 18.7 Å². The number of nitrogens with one attached hydrogen (secondary N) is 1. The van der Waals surface area contributed by atoms with Crippen molar-refractivity contribution in [2.45, 2.75) is 13.8 Å². The largest absolute Gasteiger partial charge is 0.493 e. The Bertz CT molecular complexity index is 743. The molecule has 2 aromatic rings. The molecular weight excluding hydrogens is 370 g/mol. The van der Waals surface area contributed by atoms with Crippen molar-refractivity contribution in [3.05, 3.63) is 64.7 Å². The van der Waals surface area contributed by atoms with Gasteiger partial charge in [-0.2, -0.15) is 0 Å². The van der Waals surface area contributed by atoms with Gasteiger partial charge in [0, 0.05) is 5.56 Å². The van der Waals surface area contributed by atoms with Crippen LogP contribution in [0.3, 0.4) is 0 Å². The summed E-state index contributed by atoms with van der Waals surface area (Å²) in [6, 6.07) is 12.5. The standard InChI is InChI=1S/C19H20BrNO3/c1-4-23-17-10-9-14(11-15(17)20)19(22)21-16-7-5-6-8-18(16)24-12-13(2)3/h5-11H,2,4,12H2,1,3H3,(H,21,22).